The summed E-state index contributed by atoms with van der Waals surface area (Å²) in [7, 11) is 1.63. The molecule has 128 valence electrons. The molecule has 2 aromatic rings. The lowest BCUT2D eigenvalue weighted by atomic mass is 10.3. The van der Waals surface area contributed by atoms with Crippen LogP contribution in [0.15, 0.2) is 42.6 Å². The molecule has 0 bridgehead atoms. The van der Waals surface area contributed by atoms with Crippen LogP contribution in [-0.4, -0.2) is 37.2 Å². The molecule has 0 aliphatic carbocycles. The third-order valence-corrected chi connectivity index (χ3v) is 3.18. The Labute approximate surface area is 142 Å². The fraction of sp³-hybridized carbons (Fsp3) is 0.333. The van der Waals surface area contributed by atoms with Gasteiger partial charge in [0.05, 0.1) is 19.0 Å². The monoisotopic (exact) mass is 329 g/mol. The summed E-state index contributed by atoms with van der Waals surface area (Å²) in [5.74, 6) is 1.42. The van der Waals surface area contributed by atoms with Crippen molar-refractivity contribution in [3.8, 4) is 11.5 Å². The van der Waals surface area contributed by atoms with Crippen molar-refractivity contribution in [2.75, 3.05) is 25.6 Å². The lowest BCUT2D eigenvalue weighted by Crippen LogP contribution is -2.30. The van der Waals surface area contributed by atoms with Crippen LogP contribution in [0.5, 0.6) is 11.5 Å². The van der Waals surface area contributed by atoms with Gasteiger partial charge in [-0.3, -0.25) is 4.79 Å². The molecule has 0 radical (unpaired) electrons. The maximum atomic E-state index is 11.8. The van der Waals surface area contributed by atoms with Crippen molar-refractivity contribution < 1.29 is 14.3 Å². The van der Waals surface area contributed by atoms with Gasteiger partial charge in [0.1, 0.15) is 23.8 Å². The van der Waals surface area contributed by atoms with E-state index >= 15 is 0 Å². The van der Waals surface area contributed by atoms with Gasteiger partial charge in [-0.2, -0.15) is 0 Å². The summed E-state index contributed by atoms with van der Waals surface area (Å²) in [6.45, 7) is 4.97. The molecule has 0 fully saturated rings. The molecule has 1 aromatic carbocycles. The van der Waals surface area contributed by atoms with Crippen molar-refractivity contribution in [3.63, 3.8) is 0 Å². The predicted octanol–water partition coefficient (Wildman–Crippen LogP) is 2.72. The number of ether oxygens (including phenoxy) is 2. The topological polar surface area (TPSA) is 72.5 Å². The van der Waals surface area contributed by atoms with E-state index in [1.807, 2.05) is 44.2 Å². The van der Waals surface area contributed by atoms with Gasteiger partial charge in [0, 0.05) is 12.6 Å². The van der Waals surface area contributed by atoms with E-state index in [-0.39, 0.29) is 11.9 Å². The number of rotatable bonds is 8. The summed E-state index contributed by atoms with van der Waals surface area (Å²) >= 11 is 0. The zero-order valence-corrected chi connectivity index (χ0v) is 14.2. The number of benzene rings is 1. The number of hydrogen-bond donors (Lipinski definition) is 2. The molecule has 0 atom stereocenters. The molecule has 0 aliphatic heterocycles. The van der Waals surface area contributed by atoms with E-state index in [1.54, 1.807) is 19.4 Å². The second-order valence-corrected chi connectivity index (χ2v) is 5.51. The van der Waals surface area contributed by atoms with Crippen LogP contribution in [0, 0.1) is 0 Å². The molecule has 0 spiro atoms. The van der Waals surface area contributed by atoms with Gasteiger partial charge >= 0.3 is 0 Å². The Hall–Kier alpha value is -2.76. The van der Waals surface area contributed by atoms with Gasteiger partial charge in [-0.1, -0.05) is 0 Å². The summed E-state index contributed by atoms with van der Waals surface area (Å²) in [6.07, 6.45) is 1.64. The van der Waals surface area contributed by atoms with E-state index in [4.69, 9.17) is 9.47 Å². The maximum Gasteiger partial charge on any atom is 0.270 e. The summed E-state index contributed by atoms with van der Waals surface area (Å²) < 4.78 is 10.7. The van der Waals surface area contributed by atoms with E-state index in [9.17, 15) is 4.79 Å². The minimum Gasteiger partial charge on any atom is -0.497 e. The molecule has 2 N–H and O–H groups in total. The number of pyridine rings is 1. The number of methoxy groups -OCH3 is 1. The fourth-order valence-corrected chi connectivity index (χ4v) is 2.01. The van der Waals surface area contributed by atoms with Crippen LogP contribution in [0.4, 0.5) is 5.69 Å². The number of carbonyl (C=O) groups is 1. The van der Waals surface area contributed by atoms with Gasteiger partial charge in [0.2, 0.25) is 0 Å². The molecule has 6 heteroatoms. The summed E-state index contributed by atoms with van der Waals surface area (Å²) in [6, 6.07) is 11.1. The first-order valence-electron chi connectivity index (χ1n) is 7.86. The highest BCUT2D eigenvalue weighted by Gasteiger charge is 2.07. The second kappa shape index (κ2) is 8.76. The lowest BCUT2D eigenvalue weighted by molar-refractivity contribution is 0.0938. The molecule has 24 heavy (non-hydrogen) atoms. The Morgan fingerprint density at radius 1 is 1.12 bits per heavy atom. The van der Waals surface area contributed by atoms with Crippen LogP contribution in [0.1, 0.15) is 24.3 Å². The molecule has 2 rings (SSSR count). The van der Waals surface area contributed by atoms with Gasteiger partial charge in [0.25, 0.3) is 5.91 Å². The average molecular weight is 329 g/mol. The average Bonchev–Trinajstić information content (AvgIpc) is 2.59. The Balaban J connectivity index is 1.75. The van der Waals surface area contributed by atoms with E-state index in [1.165, 1.54) is 0 Å². The third-order valence-electron chi connectivity index (χ3n) is 3.18. The van der Waals surface area contributed by atoms with Crippen LogP contribution < -0.4 is 20.1 Å². The number of hydrogen-bond acceptors (Lipinski definition) is 5. The first kappa shape index (κ1) is 17.6. The smallest absolute Gasteiger partial charge is 0.270 e. The van der Waals surface area contributed by atoms with Crippen molar-refractivity contribution in [2.24, 2.45) is 0 Å². The SMILES string of the molecule is COc1ccc(OCCNc2ccc(C(=O)NC(C)C)nc2)cc1. The summed E-state index contributed by atoms with van der Waals surface area (Å²) in [5, 5.41) is 6.01. The molecule has 1 amide bonds. The fourth-order valence-electron chi connectivity index (χ4n) is 2.01. The van der Waals surface area contributed by atoms with Crippen LogP contribution in [0.3, 0.4) is 0 Å². The van der Waals surface area contributed by atoms with Crippen LogP contribution in [0.2, 0.25) is 0 Å². The van der Waals surface area contributed by atoms with E-state index in [2.05, 4.69) is 15.6 Å². The molecular formula is C18H23N3O3. The molecule has 6 nitrogen and oxygen atoms in total. The summed E-state index contributed by atoms with van der Waals surface area (Å²) in [4.78, 5) is 16.0. The molecule has 1 heterocycles. The Morgan fingerprint density at radius 2 is 1.83 bits per heavy atom. The third kappa shape index (κ3) is 5.46. The van der Waals surface area contributed by atoms with Crippen molar-refractivity contribution >= 4 is 11.6 Å². The number of amides is 1. The first-order chi connectivity index (χ1) is 11.6. The normalized spacial score (nSPS) is 10.3. The first-order valence-corrected chi connectivity index (χ1v) is 7.86. The van der Waals surface area contributed by atoms with Crippen molar-refractivity contribution in [3.05, 3.63) is 48.3 Å². The van der Waals surface area contributed by atoms with Gasteiger partial charge < -0.3 is 20.1 Å². The number of anilines is 1. The number of carbonyl (C=O) groups excluding carboxylic acids is 1. The molecule has 0 saturated carbocycles. The highest BCUT2D eigenvalue weighted by atomic mass is 16.5. The molecule has 0 saturated heterocycles. The van der Waals surface area contributed by atoms with E-state index in [0.29, 0.717) is 18.8 Å². The number of aromatic nitrogens is 1. The van der Waals surface area contributed by atoms with Gasteiger partial charge in [-0.05, 0) is 50.2 Å². The molecule has 0 unspecified atom stereocenters. The zero-order valence-electron chi connectivity index (χ0n) is 14.2. The van der Waals surface area contributed by atoms with E-state index in [0.717, 1.165) is 17.2 Å². The van der Waals surface area contributed by atoms with Crippen molar-refractivity contribution in [1.82, 2.24) is 10.3 Å². The lowest BCUT2D eigenvalue weighted by Gasteiger charge is -2.10. The molecule has 1 aromatic heterocycles. The Bertz CT molecular complexity index is 640. The Kier molecular flexibility index (Phi) is 6.42. The predicted molar refractivity (Wildman–Crippen MR) is 93.8 cm³/mol. The van der Waals surface area contributed by atoms with Crippen molar-refractivity contribution in [1.29, 1.82) is 0 Å². The number of nitrogens with zero attached hydrogens (tertiary/aromatic N) is 1. The number of nitrogens with one attached hydrogen (secondary N) is 2. The van der Waals surface area contributed by atoms with Crippen LogP contribution in [0.25, 0.3) is 0 Å². The largest absolute Gasteiger partial charge is 0.497 e. The maximum absolute atomic E-state index is 11.8. The standard InChI is InChI=1S/C18H23N3O3/c1-13(2)21-18(22)17-9-4-14(12-20-17)19-10-11-24-16-7-5-15(23-3)6-8-16/h4-9,12-13,19H,10-11H2,1-3H3,(H,21,22). The highest BCUT2D eigenvalue weighted by molar-refractivity contribution is 5.92. The van der Waals surface area contributed by atoms with Crippen molar-refractivity contribution in [2.45, 2.75) is 19.9 Å². The van der Waals surface area contributed by atoms with Crippen LogP contribution in [-0.2, 0) is 0 Å². The summed E-state index contributed by atoms with van der Waals surface area (Å²) in [5.41, 5.74) is 1.25. The Morgan fingerprint density at radius 3 is 2.42 bits per heavy atom. The minimum atomic E-state index is -0.167. The van der Waals surface area contributed by atoms with E-state index < -0.39 is 0 Å². The second-order valence-electron chi connectivity index (χ2n) is 5.51. The highest BCUT2D eigenvalue weighted by Crippen LogP contribution is 2.16. The van der Waals surface area contributed by atoms with Crippen LogP contribution >= 0.6 is 0 Å². The quantitative estimate of drug-likeness (QED) is 0.729. The molecule has 0 aliphatic rings. The van der Waals surface area contributed by atoms with Gasteiger partial charge in [-0.25, -0.2) is 4.98 Å². The zero-order chi connectivity index (χ0) is 17.4. The van der Waals surface area contributed by atoms with Gasteiger partial charge in [-0.15, -0.1) is 0 Å². The molecular weight excluding hydrogens is 306 g/mol. The minimum absolute atomic E-state index is 0.0900. The van der Waals surface area contributed by atoms with Gasteiger partial charge in [0.15, 0.2) is 0 Å².